The zero-order valence-electron chi connectivity index (χ0n) is 14.0. The molecule has 0 heterocycles. The van der Waals surface area contributed by atoms with Gasteiger partial charge in [0.25, 0.3) is 0 Å². The summed E-state index contributed by atoms with van der Waals surface area (Å²) in [5, 5.41) is 17.4. The standard InChI is InChI=1S/C18H29N3O/c1-4-9-14-12-16(14)21-17(19-5-2)20-13-18(3,22)15-10-7-6-8-11-15/h6-8,10-11,14,16,22H,4-5,9,12-13H2,1-3H3,(H2,19,20,21). The molecule has 0 aromatic heterocycles. The van der Waals surface area contributed by atoms with Crippen molar-refractivity contribution in [1.29, 1.82) is 0 Å². The molecule has 0 saturated heterocycles. The second kappa shape index (κ2) is 7.63. The second-order valence-electron chi connectivity index (χ2n) is 6.37. The summed E-state index contributed by atoms with van der Waals surface area (Å²) in [7, 11) is 0. The van der Waals surface area contributed by atoms with Crippen LogP contribution in [0.1, 0.15) is 45.6 Å². The lowest BCUT2D eigenvalue weighted by molar-refractivity contribution is 0.0672. The van der Waals surface area contributed by atoms with E-state index in [2.05, 4.69) is 29.5 Å². The Kier molecular flexibility index (Phi) is 5.83. The van der Waals surface area contributed by atoms with Gasteiger partial charge in [0.15, 0.2) is 5.96 Å². The first-order valence-corrected chi connectivity index (χ1v) is 8.39. The van der Waals surface area contributed by atoms with Gasteiger partial charge in [-0.15, -0.1) is 0 Å². The molecule has 0 spiro atoms. The third kappa shape index (κ3) is 4.73. The second-order valence-corrected chi connectivity index (χ2v) is 6.37. The molecule has 1 aromatic rings. The minimum Gasteiger partial charge on any atom is -0.384 e. The van der Waals surface area contributed by atoms with Crippen molar-refractivity contribution in [2.24, 2.45) is 10.9 Å². The van der Waals surface area contributed by atoms with Gasteiger partial charge in [0.2, 0.25) is 0 Å². The van der Waals surface area contributed by atoms with E-state index < -0.39 is 5.60 Å². The maximum absolute atomic E-state index is 10.6. The molecule has 4 nitrogen and oxygen atoms in total. The fraction of sp³-hybridized carbons (Fsp3) is 0.611. The van der Waals surface area contributed by atoms with Crippen LogP contribution < -0.4 is 10.6 Å². The first-order chi connectivity index (χ1) is 10.6. The molecule has 22 heavy (non-hydrogen) atoms. The molecule has 2 rings (SSSR count). The molecule has 0 aliphatic heterocycles. The van der Waals surface area contributed by atoms with Crippen molar-refractivity contribution in [3.05, 3.63) is 35.9 Å². The highest BCUT2D eigenvalue weighted by Gasteiger charge is 2.36. The minimum absolute atomic E-state index is 0.345. The highest BCUT2D eigenvalue weighted by molar-refractivity contribution is 5.80. The summed E-state index contributed by atoms with van der Waals surface area (Å²) in [5.41, 5.74) is -0.0550. The van der Waals surface area contributed by atoms with E-state index in [0.29, 0.717) is 12.6 Å². The lowest BCUT2D eigenvalue weighted by Crippen LogP contribution is -2.40. The van der Waals surface area contributed by atoms with Crippen LogP contribution in [0.2, 0.25) is 0 Å². The molecule has 0 radical (unpaired) electrons. The lowest BCUT2D eigenvalue weighted by atomic mass is 9.96. The number of nitrogens with zero attached hydrogens (tertiary/aromatic N) is 1. The van der Waals surface area contributed by atoms with Gasteiger partial charge in [-0.1, -0.05) is 43.7 Å². The van der Waals surface area contributed by atoms with Gasteiger partial charge in [-0.25, -0.2) is 4.99 Å². The molecule has 3 unspecified atom stereocenters. The van der Waals surface area contributed by atoms with Gasteiger partial charge >= 0.3 is 0 Å². The minimum atomic E-state index is -0.948. The van der Waals surface area contributed by atoms with E-state index >= 15 is 0 Å². The average molecular weight is 303 g/mol. The summed E-state index contributed by atoms with van der Waals surface area (Å²) in [5.74, 6) is 1.59. The van der Waals surface area contributed by atoms with Gasteiger partial charge < -0.3 is 15.7 Å². The Labute approximate surface area is 134 Å². The molecule has 3 atom stereocenters. The van der Waals surface area contributed by atoms with Crippen LogP contribution in [0.5, 0.6) is 0 Å². The van der Waals surface area contributed by atoms with E-state index in [1.807, 2.05) is 37.3 Å². The number of hydrogen-bond acceptors (Lipinski definition) is 2. The van der Waals surface area contributed by atoms with Gasteiger partial charge in [0.1, 0.15) is 5.60 Å². The van der Waals surface area contributed by atoms with Crippen molar-refractivity contribution in [1.82, 2.24) is 10.6 Å². The molecular weight excluding hydrogens is 274 g/mol. The van der Waals surface area contributed by atoms with Crippen molar-refractivity contribution in [3.8, 4) is 0 Å². The summed E-state index contributed by atoms with van der Waals surface area (Å²) in [6.07, 6.45) is 3.74. The van der Waals surface area contributed by atoms with Crippen molar-refractivity contribution >= 4 is 5.96 Å². The van der Waals surface area contributed by atoms with Crippen LogP contribution in [0.25, 0.3) is 0 Å². The molecule has 4 heteroatoms. The topological polar surface area (TPSA) is 56.7 Å². The number of aliphatic imine (C=N–C) groups is 1. The van der Waals surface area contributed by atoms with Gasteiger partial charge in [0, 0.05) is 12.6 Å². The highest BCUT2D eigenvalue weighted by atomic mass is 16.3. The van der Waals surface area contributed by atoms with Crippen molar-refractivity contribution in [3.63, 3.8) is 0 Å². The Morgan fingerprint density at radius 2 is 2.05 bits per heavy atom. The SMILES string of the molecule is CCCC1CC1NC(=NCC(C)(O)c1ccccc1)NCC. The summed E-state index contributed by atoms with van der Waals surface area (Å²) in [6, 6.07) is 10.3. The molecule has 1 aromatic carbocycles. The summed E-state index contributed by atoms with van der Waals surface area (Å²) >= 11 is 0. The van der Waals surface area contributed by atoms with Crippen molar-refractivity contribution < 1.29 is 5.11 Å². The zero-order chi connectivity index (χ0) is 16.0. The van der Waals surface area contributed by atoms with E-state index in [9.17, 15) is 5.11 Å². The van der Waals surface area contributed by atoms with Gasteiger partial charge in [-0.05, 0) is 38.2 Å². The predicted octanol–water partition coefficient (Wildman–Crippen LogP) is 2.64. The quantitative estimate of drug-likeness (QED) is 0.536. The fourth-order valence-electron chi connectivity index (χ4n) is 2.73. The Bertz CT molecular complexity index is 484. The molecule has 0 amide bonds. The van der Waals surface area contributed by atoms with Crippen LogP contribution in [-0.4, -0.2) is 30.2 Å². The smallest absolute Gasteiger partial charge is 0.191 e. The van der Waals surface area contributed by atoms with Crippen LogP contribution in [-0.2, 0) is 5.60 Å². The molecule has 1 saturated carbocycles. The number of hydrogen-bond donors (Lipinski definition) is 3. The molecular formula is C18H29N3O. The fourth-order valence-corrected chi connectivity index (χ4v) is 2.73. The van der Waals surface area contributed by atoms with Crippen molar-refractivity contribution in [2.75, 3.05) is 13.1 Å². The van der Waals surface area contributed by atoms with Gasteiger partial charge in [-0.2, -0.15) is 0 Å². The maximum atomic E-state index is 10.6. The first-order valence-electron chi connectivity index (χ1n) is 8.39. The third-order valence-corrected chi connectivity index (χ3v) is 4.19. The van der Waals surface area contributed by atoms with E-state index in [-0.39, 0.29) is 0 Å². The molecule has 0 bridgehead atoms. The van der Waals surface area contributed by atoms with Crippen LogP contribution in [0, 0.1) is 5.92 Å². The number of nitrogens with one attached hydrogen (secondary N) is 2. The monoisotopic (exact) mass is 303 g/mol. The molecule has 122 valence electrons. The molecule has 1 fully saturated rings. The number of aliphatic hydroxyl groups is 1. The Hall–Kier alpha value is -1.55. The van der Waals surface area contributed by atoms with Gasteiger partial charge in [0.05, 0.1) is 6.54 Å². The maximum Gasteiger partial charge on any atom is 0.191 e. The number of benzene rings is 1. The Balaban J connectivity index is 1.95. The molecule has 1 aliphatic carbocycles. The summed E-state index contributed by atoms with van der Waals surface area (Å²) in [6.45, 7) is 7.27. The van der Waals surface area contributed by atoms with Crippen LogP contribution >= 0.6 is 0 Å². The van der Waals surface area contributed by atoms with Gasteiger partial charge in [-0.3, -0.25) is 0 Å². The van der Waals surface area contributed by atoms with E-state index in [0.717, 1.165) is 24.0 Å². The lowest BCUT2D eigenvalue weighted by Gasteiger charge is -2.22. The van der Waals surface area contributed by atoms with Crippen molar-refractivity contribution in [2.45, 2.75) is 51.7 Å². The van der Waals surface area contributed by atoms with Crippen LogP contribution in [0.15, 0.2) is 35.3 Å². The normalized spacial score (nSPS) is 23.7. The largest absolute Gasteiger partial charge is 0.384 e. The predicted molar refractivity (Wildman–Crippen MR) is 91.9 cm³/mol. The number of rotatable bonds is 7. The Morgan fingerprint density at radius 1 is 1.32 bits per heavy atom. The summed E-state index contributed by atoms with van der Waals surface area (Å²) < 4.78 is 0. The van der Waals surface area contributed by atoms with E-state index in [1.165, 1.54) is 19.3 Å². The first kappa shape index (κ1) is 16.8. The molecule has 1 aliphatic rings. The van der Waals surface area contributed by atoms with E-state index in [1.54, 1.807) is 0 Å². The average Bonchev–Trinajstić information content (AvgIpc) is 3.24. The third-order valence-electron chi connectivity index (χ3n) is 4.19. The highest BCUT2D eigenvalue weighted by Crippen LogP contribution is 2.34. The van der Waals surface area contributed by atoms with E-state index in [4.69, 9.17) is 0 Å². The van der Waals surface area contributed by atoms with Crippen LogP contribution in [0.3, 0.4) is 0 Å². The van der Waals surface area contributed by atoms with Crippen LogP contribution in [0.4, 0.5) is 0 Å². The summed E-state index contributed by atoms with van der Waals surface area (Å²) in [4.78, 5) is 4.58. The Morgan fingerprint density at radius 3 is 2.68 bits per heavy atom. The molecule has 3 N–H and O–H groups in total. The number of guanidine groups is 1. The zero-order valence-corrected chi connectivity index (χ0v) is 14.0.